The number of amides is 1. The van der Waals surface area contributed by atoms with Crippen LogP contribution in [0.1, 0.15) is 31.2 Å². The van der Waals surface area contributed by atoms with Crippen molar-refractivity contribution in [3.05, 3.63) is 48.0 Å². The van der Waals surface area contributed by atoms with Crippen LogP contribution in [0, 0.1) is 17.8 Å². The third kappa shape index (κ3) is 3.56. The summed E-state index contributed by atoms with van der Waals surface area (Å²) in [6.45, 7) is 3.34. The van der Waals surface area contributed by atoms with Crippen LogP contribution in [0.25, 0.3) is 0 Å². The second-order valence-electron chi connectivity index (χ2n) is 7.75. The highest BCUT2D eigenvalue weighted by Crippen LogP contribution is 2.43. The van der Waals surface area contributed by atoms with Crippen molar-refractivity contribution in [1.82, 2.24) is 10.2 Å². The Labute approximate surface area is 145 Å². The van der Waals surface area contributed by atoms with Gasteiger partial charge in [-0.1, -0.05) is 42.5 Å². The summed E-state index contributed by atoms with van der Waals surface area (Å²) in [7, 11) is 0. The smallest absolute Gasteiger partial charge is 0.223 e. The summed E-state index contributed by atoms with van der Waals surface area (Å²) in [6, 6.07) is 11.1. The molecule has 3 atom stereocenters. The molecule has 4 rings (SSSR count). The Morgan fingerprint density at radius 1 is 1.08 bits per heavy atom. The number of hydrogen-bond acceptors (Lipinski definition) is 2. The molecule has 0 aromatic heterocycles. The molecule has 1 saturated carbocycles. The molecule has 2 bridgehead atoms. The molecule has 1 aromatic carbocycles. The Morgan fingerprint density at radius 3 is 2.54 bits per heavy atom. The Balaban J connectivity index is 1.19. The molecule has 1 N–H and O–H groups in total. The summed E-state index contributed by atoms with van der Waals surface area (Å²) in [5.41, 5.74) is 1.41. The van der Waals surface area contributed by atoms with Gasteiger partial charge in [0.25, 0.3) is 0 Å². The standard InChI is InChI=1S/C21H28N2O/c24-21(20-15-17-6-7-18(20)14-17)22-19-9-12-23(13-10-19)11-8-16-4-2-1-3-5-16/h1-7,17-20H,8-15H2,(H,22,24)/t17-,18-,20-/m0/s1. The highest BCUT2D eigenvalue weighted by molar-refractivity contribution is 5.80. The minimum Gasteiger partial charge on any atom is -0.353 e. The fourth-order valence-electron chi connectivity index (χ4n) is 4.62. The van der Waals surface area contributed by atoms with Gasteiger partial charge in [-0.3, -0.25) is 4.79 Å². The monoisotopic (exact) mass is 324 g/mol. The summed E-state index contributed by atoms with van der Waals surface area (Å²) in [5.74, 6) is 1.75. The van der Waals surface area contributed by atoms with E-state index < -0.39 is 0 Å². The zero-order valence-corrected chi connectivity index (χ0v) is 14.4. The number of rotatable bonds is 5. The van der Waals surface area contributed by atoms with Gasteiger partial charge in [0, 0.05) is 31.6 Å². The molecule has 0 radical (unpaired) electrons. The van der Waals surface area contributed by atoms with Crippen LogP contribution < -0.4 is 5.32 Å². The van der Waals surface area contributed by atoms with E-state index in [0.29, 0.717) is 23.8 Å². The van der Waals surface area contributed by atoms with Gasteiger partial charge in [0.2, 0.25) is 5.91 Å². The fourth-order valence-corrected chi connectivity index (χ4v) is 4.62. The number of nitrogens with one attached hydrogen (secondary N) is 1. The van der Waals surface area contributed by atoms with Gasteiger partial charge < -0.3 is 10.2 Å². The number of nitrogens with zero attached hydrogens (tertiary/aromatic N) is 1. The molecule has 2 fully saturated rings. The molecule has 24 heavy (non-hydrogen) atoms. The third-order valence-electron chi connectivity index (χ3n) is 6.11. The number of benzene rings is 1. The van der Waals surface area contributed by atoms with Crippen LogP contribution in [-0.4, -0.2) is 36.5 Å². The van der Waals surface area contributed by atoms with Crippen molar-refractivity contribution < 1.29 is 4.79 Å². The van der Waals surface area contributed by atoms with E-state index in [4.69, 9.17) is 0 Å². The van der Waals surface area contributed by atoms with E-state index >= 15 is 0 Å². The lowest BCUT2D eigenvalue weighted by molar-refractivity contribution is -0.126. The first kappa shape index (κ1) is 15.9. The van der Waals surface area contributed by atoms with E-state index in [1.165, 1.54) is 12.0 Å². The lowest BCUT2D eigenvalue weighted by Gasteiger charge is -2.33. The van der Waals surface area contributed by atoms with Crippen molar-refractivity contribution in [1.29, 1.82) is 0 Å². The van der Waals surface area contributed by atoms with Crippen LogP contribution in [0.15, 0.2) is 42.5 Å². The van der Waals surface area contributed by atoms with Crippen molar-refractivity contribution in [2.24, 2.45) is 17.8 Å². The number of likely N-dealkylation sites (tertiary alicyclic amines) is 1. The first-order valence-electron chi connectivity index (χ1n) is 9.53. The van der Waals surface area contributed by atoms with Gasteiger partial charge in [0.05, 0.1) is 0 Å². The van der Waals surface area contributed by atoms with E-state index in [9.17, 15) is 4.79 Å². The highest BCUT2D eigenvalue weighted by atomic mass is 16.2. The summed E-state index contributed by atoms with van der Waals surface area (Å²) in [5, 5.41) is 3.34. The zero-order valence-electron chi connectivity index (χ0n) is 14.4. The first-order valence-corrected chi connectivity index (χ1v) is 9.53. The lowest BCUT2D eigenvalue weighted by atomic mass is 9.92. The van der Waals surface area contributed by atoms with Gasteiger partial charge in [-0.05, 0) is 49.5 Å². The minimum absolute atomic E-state index is 0.246. The first-order chi connectivity index (χ1) is 11.8. The minimum atomic E-state index is 0.246. The zero-order chi connectivity index (χ0) is 16.4. The SMILES string of the molecule is O=C(NC1CCN(CCc2ccccc2)CC1)[C@H]1C[C@H]2C=C[C@H]1C2. The number of allylic oxidation sites excluding steroid dienone is 2. The average molecular weight is 324 g/mol. The van der Waals surface area contributed by atoms with Crippen LogP contribution in [0.5, 0.6) is 0 Å². The van der Waals surface area contributed by atoms with Gasteiger partial charge in [0.1, 0.15) is 0 Å². The molecular weight excluding hydrogens is 296 g/mol. The highest BCUT2D eigenvalue weighted by Gasteiger charge is 2.40. The van der Waals surface area contributed by atoms with E-state index in [1.807, 2.05) is 0 Å². The van der Waals surface area contributed by atoms with Crippen molar-refractivity contribution in [3.63, 3.8) is 0 Å². The molecule has 1 amide bonds. The van der Waals surface area contributed by atoms with Crippen molar-refractivity contribution in [2.75, 3.05) is 19.6 Å². The molecule has 1 saturated heterocycles. The average Bonchev–Trinajstić information content (AvgIpc) is 3.25. The maximum absolute atomic E-state index is 12.5. The second-order valence-corrected chi connectivity index (χ2v) is 7.75. The van der Waals surface area contributed by atoms with Crippen molar-refractivity contribution >= 4 is 5.91 Å². The number of carbonyl (C=O) groups excluding carboxylic acids is 1. The van der Waals surface area contributed by atoms with Crippen LogP contribution in [-0.2, 0) is 11.2 Å². The predicted molar refractivity (Wildman–Crippen MR) is 96.6 cm³/mol. The van der Waals surface area contributed by atoms with Gasteiger partial charge >= 0.3 is 0 Å². The van der Waals surface area contributed by atoms with Crippen LogP contribution in [0.2, 0.25) is 0 Å². The summed E-state index contributed by atoms with van der Waals surface area (Å²) in [4.78, 5) is 15.1. The van der Waals surface area contributed by atoms with Crippen LogP contribution in [0.4, 0.5) is 0 Å². The largest absolute Gasteiger partial charge is 0.353 e. The quantitative estimate of drug-likeness (QED) is 0.845. The number of piperidine rings is 1. The van der Waals surface area contributed by atoms with Crippen molar-refractivity contribution in [3.8, 4) is 0 Å². The lowest BCUT2D eigenvalue weighted by Crippen LogP contribution is -2.47. The van der Waals surface area contributed by atoms with Crippen molar-refractivity contribution in [2.45, 2.75) is 38.1 Å². The summed E-state index contributed by atoms with van der Waals surface area (Å²) >= 11 is 0. The Hall–Kier alpha value is -1.61. The molecule has 3 heteroatoms. The number of hydrogen-bond donors (Lipinski definition) is 1. The van der Waals surface area contributed by atoms with Gasteiger partial charge in [0.15, 0.2) is 0 Å². The predicted octanol–water partition coefficient (Wildman–Crippen LogP) is 3.02. The fraction of sp³-hybridized carbons (Fsp3) is 0.571. The molecule has 0 unspecified atom stereocenters. The second kappa shape index (κ2) is 7.10. The van der Waals surface area contributed by atoms with Gasteiger partial charge in [-0.25, -0.2) is 0 Å². The third-order valence-corrected chi connectivity index (χ3v) is 6.11. The van der Waals surface area contributed by atoms with E-state index in [2.05, 4.69) is 52.7 Å². The maximum Gasteiger partial charge on any atom is 0.223 e. The molecule has 3 aliphatic rings. The topological polar surface area (TPSA) is 32.3 Å². The van der Waals surface area contributed by atoms with Crippen LogP contribution in [0.3, 0.4) is 0 Å². The summed E-state index contributed by atoms with van der Waals surface area (Å²) in [6.07, 6.45) is 10.2. The molecule has 3 nitrogen and oxygen atoms in total. The Kier molecular flexibility index (Phi) is 4.70. The molecule has 1 heterocycles. The van der Waals surface area contributed by atoms with E-state index in [0.717, 1.165) is 45.3 Å². The molecule has 2 aliphatic carbocycles. The number of fused-ring (bicyclic) bond motifs is 2. The van der Waals surface area contributed by atoms with Gasteiger partial charge in [-0.15, -0.1) is 0 Å². The van der Waals surface area contributed by atoms with Gasteiger partial charge in [-0.2, -0.15) is 0 Å². The molecule has 1 aliphatic heterocycles. The number of carbonyl (C=O) groups is 1. The normalized spacial score (nSPS) is 29.9. The molecular formula is C21H28N2O. The maximum atomic E-state index is 12.5. The Bertz CT molecular complexity index is 589. The van der Waals surface area contributed by atoms with E-state index in [1.54, 1.807) is 0 Å². The van der Waals surface area contributed by atoms with Crippen LogP contribution >= 0.6 is 0 Å². The molecule has 0 spiro atoms. The van der Waals surface area contributed by atoms with E-state index in [-0.39, 0.29) is 5.92 Å². The Morgan fingerprint density at radius 2 is 1.88 bits per heavy atom. The molecule has 128 valence electrons. The summed E-state index contributed by atoms with van der Waals surface area (Å²) < 4.78 is 0. The molecule has 1 aromatic rings.